The second-order valence-corrected chi connectivity index (χ2v) is 6.90. The summed E-state index contributed by atoms with van der Waals surface area (Å²) in [4.78, 5) is 39.7. The summed E-state index contributed by atoms with van der Waals surface area (Å²) in [5.74, 6) is 0.00190. The summed E-state index contributed by atoms with van der Waals surface area (Å²) in [5, 5.41) is 5.58. The number of H-pyrrole nitrogens is 1. The number of methoxy groups -OCH3 is 1. The molecule has 3 aromatic rings. The van der Waals surface area contributed by atoms with E-state index in [1.54, 1.807) is 69.5 Å². The molecule has 1 heterocycles. The number of ketones is 1. The Bertz CT molecular complexity index is 1100. The van der Waals surface area contributed by atoms with Crippen LogP contribution in [-0.4, -0.2) is 29.7 Å². The standard InChI is InChI=1S/C23H23N3O4/c1-13-20(15(3)27)14(2)24-21(13)23(29)26-17-7-5-16(6-8-17)22(28)25-18-9-11-19(30-4)12-10-18/h5-12,24H,1-4H3,(H,25,28)(H,26,29). The maximum Gasteiger partial charge on any atom is 0.272 e. The number of ether oxygens (including phenoxy) is 1. The molecule has 0 aliphatic carbocycles. The first-order valence-electron chi connectivity index (χ1n) is 9.37. The lowest BCUT2D eigenvalue weighted by Crippen LogP contribution is -2.15. The minimum atomic E-state index is -0.349. The van der Waals surface area contributed by atoms with Crippen LogP contribution in [0.4, 0.5) is 11.4 Å². The molecular formula is C23H23N3O4. The monoisotopic (exact) mass is 405 g/mol. The zero-order chi connectivity index (χ0) is 21.8. The van der Waals surface area contributed by atoms with Crippen molar-refractivity contribution in [2.45, 2.75) is 20.8 Å². The van der Waals surface area contributed by atoms with Gasteiger partial charge in [0.2, 0.25) is 0 Å². The van der Waals surface area contributed by atoms with Gasteiger partial charge < -0.3 is 20.4 Å². The van der Waals surface area contributed by atoms with E-state index in [0.29, 0.717) is 45.2 Å². The highest BCUT2D eigenvalue weighted by molar-refractivity contribution is 6.08. The van der Waals surface area contributed by atoms with Crippen LogP contribution >= 0.6 is 0 Å². The molecule has 2 amide bonds. The molecule has 154 valence electrons. The number of benzene rings is 2. The van der Waals surface area contributed by atoms with Crippen LogP contribution in [-0.2, 0) is 0 Å². The van der Waals surface area contributed by atoms with Crippen molar-refractivity contribution in [1.29, 1.82) is 0 Å². The van der Waals surface area contributed by atoms with E-state index in [4.69, 9.17) is 4.74 Å². The SMILES string of the molecule is COc1ccc(NC(=O)c2ccc(NC(=O)c3[nH]c(C)c(C(C)=O)c3C)cc2)cc1. The number of nitrogens with one attached hydrogen (secondary N) is 3. The number of rotatable bonds is 6. The summed E-state index contributed by atoms with van der Waals surface area (Å²) in [7, 11) is 1.58. The van der Waals surface area contributed by atoms with Gasteiger partial charge in [-0.3, -0.25) is 14.4 Å². The molecule has 0 bridgehead atoms. The average Bonchev–Trinajstić information content (AvgIpc) is 3.03. The number of hydrogen-bond donors (Lipinski definition) is 3. The van der Waals surface area contributed by atoms with Crippen molar-refractivity contribution < 1.29 is 19.1 Å². The number of amides is 2. The van der Waals surface area contributed by atoms with Gasteiger partial charge in [0.1, 0.15) is 11.4 Å². The van der Waals surface area contributed by atoms with E-state index < -0.39 is 0 Å². The Morgan fingerprint density at radius 1 is 0.833 bits per heavy atom. The molecule has 3 N–H and O–H groups in total. The van der Waals surface area contributed by atoms with Gasteiger partial charge in [-0.05, 0) is 74.9 Å². The fourth-order valence-corrected chi connectivity index (χ4v) is 3.28. The van der Waals surface area contributed by atoms with Gasteiger partial charge in [0.25, 0.3) is 11.8 Å². The van der Waals surface area contributed by atoms with E-state index in [0.717, 1.165) is 0 Å². The van der Waals surface area contributed by atoms with Crippen molar-refractivity contribution in [2.24, 2.45) is 0 Å². The van der Waals surface area contributed by atoms with Gasteiger partial charge in [0.05, 0.1) is 7.11 Å². The molecule has 0 unspecified atom stereocenters. The Balaban J connectivity index is 1.68. The van der Waals surface area contributed by atoms with Gasteiger partial charge in [-0.15, -0.1) is 0 Å². The molecular weight excluding hydrogens is 382 g/mol. The fourth-order valence-electron chi connectivity index (χ4n) is 3.28. The molecule has 30 heavy (non-hydrogen) atoms. The lowest BCUT2D eigenvalue weighted by Gasteiger charge is -2.08. The van der Waals surface area contributed by atoms with Gasteiger partial charge in [0, 0.05) is 28.2 Å². The Morgan fingerprint density at radius 3 is 1.87 bits per heavy atom. The van der Waals surface area contributed by atoms with Crippen LogP contribution in [0, 0.1) is 13.8 Å². The summed E-state index contributed by atoms with van der Waals surface area (Å²) in [6.45, 7) is 4.97. The van der Waals surface area contributed by atoms with E-state index in [-0.39, 0.29) is 17.6 Å². The summed E-state index contributed by atoms with van der Waals surface area (Å²) >= 11 is 0. The van der Waals surface area contributed by atoms with E-state index >= 15 is 0 Å². The van der Waals surface area contributed by atoms with Crippen LogP contribution in [0.5, 0.6) is 5.75 Å². The minimum Gasteiger partial charge on any atom is -0.497 e. The van der Waals surface area contributed by atoms with Crippen LogP contribution in [0.1, 0.15) is 49.4 Å². The maximum absolute atomic E-state index is 12.6. The predicted molar refractivity (Wildman–Crippen MR) is 116 cm³/mol. The molecule has 0 fully saturated rings. The molecule has 1 aromatic heterocycles. The highest BCUT2D eigenvalue weighted by atomic mass is 16.5. The number of aromatic nitrogens is 1. The summed E-state index contributed by atoms with van der Waals surface area (Å²) in [6, 6.07) is 13.6. The van der Waals surface area contributed by atoms with Crippen molar-refractivity contribution in [3.63, 3.8) is 0 Å². The van der Waals surface area contributed by atoms with Crippen LogP contribution in [0.15, 0.2) is 48.5 Å². The van der Waals surface area contributed by atoms with Crippen LogP contribution in [0.3, 0.4) is 0 Å². The van der Waals surface area contributed by atoms with Gasteiger partial charge in [-0.1, -0.05) is 0 Å². The Labute approximate surface area is 174 Å². The highest BCUT2D eigenvalue weighted by Gasteiger charge is 2.20. The third-order valence-corrected chi connectivity index (χ3v) is 4.77. The number of carbonyl (C=O) groups is 3. The zero-order valence-corrected chi connectivity index (χ0v) is 17.3. The largest absolute Gasteiger partial charge is 0.497 e. The number of carbonyl (C=O) groups excluding carboxylic acids is 3. The molecule has 7 nitrogen and oxygen atoms in total. The fraction of sp³-hybridized carbons (Fsp3) is 0.174. The van der Waals surface area contributed by atoms with E-state index in [1.807, 2.05) is 0 Å². The third kappa shape index (κ3) is 4.41. The molecule has 0 aliphatic rings. The smallest absolute Gasteiger partial charge is 0.272 e. The second kappa shape index (κ2) is 8.65. The van der Waals surface area contributed by atoms with Crippen LogP contribution < -0.4 is 15.4 Å². The molecule has 3 rings (SSSR count). The summed E-state index contributed by atoms with van der Waals surface area (Å²) < 4.78 is 5.10. The molecule has 0 saturated carbocycles. The predicted octanol–water partition coefficient (Wildman–Crippen LogP) is 4.35. The molecule has 0 saturated heterocycles. The van der Waals surface area contributed by atoms with E-state index in [2.05, 4.69) is 15.6 Å². The zero-order valence-electron chi connectivity index (χ0n) is 17.3. The minimum absolute atomic E-state index is 0.0903. The molecule has 2 aromatic carbocycles. The molecule has 0 spiro atoms. The molecule has 0 aliphatic heterocycles. The lowest BCUT2D eigenvalue weighted by atomic mass is 10.1. The number of anilines is 2. The first kappa shape index (κ1) is 20.9. The number of aryl methyl sites for hydroxylation is 1. The highest BCUT2D eigenvalue weighted by Crippen LogP contribution is 2.20. The maximum atomic E-state index is 12.6. The number of Topliss-reactive ketones (excluding diaryl/α,β-unsaturated/α-hetero) is 1. The third-order valence-electron chi connectivity index (χ3n) is 4.77. The Morgan fingerprint density at radius 2 is 1.37 bits per heavy atom. The number of aromatic amines is 1. The van der Waals surface area contributed by atoms with Crippen LogP contribution in [0.2, 0.25) is 0 Å². The first-order valence-corrected chi connectivity index (χ1v) is 9.37. The Kier molecular flexibility index (Phi) is 6.01. The molecule has 0 atom stereocenters. The van der Waals surface area contributed by atoms with Crippen molar-refractivity contribution >= 4 is 29.0 Å². The van der Waals surface area contributed by atoms with Crippen molar-refractivity contribution in [2.75, 3.05) is 17.7 Å². The number of hydrogen-bond acceptors (Lipinski definition) is 4. The molecule has 0 radical (unpaired) electrons. The van der Waals surface area contributed by atoms with Crippen molar-refractivity contribution in [3.8, 4) is 5.75 Å². The van der Waals surface area contributed by atoms with Gasteiger partial charge >= 0.3 is 0 Å². The van der Waals surface area contributed by atoms with E-state index in [1.165, 1.54) is 6.92 Å². The summed E-state index contributed by atoms with van der Waals surface area (Å²) in [5.41, 5.74) is 3.80. The van der Waals surface area contributed by atoms with Gasteiger partial charge in [-0.2, -0.15) is 0 Å². The quantitative estimate of drug-likeness (QED) is 0.531. The van der Waals surface area contributed by atoms with Crippen molar-refractivity contribution in [3.05, 3.63) is 76.6 Å². The second-order valence-electron chi connectivity index (χ2n) is 6.90. The molecule has 7 heteroatoms. The van der Waals surface area contributed by atoms with Gasteiger partial charge in [-0.25, -0.2) is 0 Å². The summed E-state index contributed by atoms with van der Waals surface area (Å²) in [6.07, 6.45) is 0. The van der Waals surface area contributed by atoms with E-state index in [9.17, 15) is 14.4 Å². The Hall–Kier alpha value is -3.87. The lowest BCUT2D eigenvalue weighted by molar-refractivity contribution is 0.101. The van der Waals surface area contributed by atoms with Gasteiger partial charge in [0.15, 0.2) is 5.78 Å². The van der Waals surface area contributed by atoms with Crippen molar-refractivity contribution in [1.82, 2.24) is 4.98 Å². The van der Waals surface area contributed by atoms with Crippen LogP contribution in [0.25, 0.3) is 0 Å². The normalized spacial score (nSPS) is 10.4. The average molecular weight is 405 g/mol. The first-order chi connectivity index (χ1) is 14.3. The topological polar surface area (TPSA) is 100 Å².